The Morgan fingerprint density at radius 1 is 0.771 bits per heavy atom. The Morgan fingerprint density at radius 2 is 1.43 bits per heavy atom. The van der Waals surface area contributed by atoms with Gasteiger partial charge in [0.2, 0.25) is 5.91 Å². The van der Waals surface area contributed by atoms with Gasteiger partial charge in [0.05, 0.1) is 11.3 Å². The second-order valence-electron chi connectivity index (χ2n) is 8.22. The van der Waals surface area contributed by atoms with Gasteiger partial charge in [-0.25, -0.2) is 4.39 Å². The van der Waals surface area contributed by atoms with Gasteiger partial charge in [0, 0.05) is 50.4 Å². The van der Waals surface area contributed by atoms with Gasteiger partial charge in [-0.15, -0.1) is 0 Å². The van der Waals surface area contributed by atoms with Gasteiger partial charge in [0.15, 0.2) is 0 Å². The zero-order valence-corrected chi connectivity index (χ0v) is 19.2. The van der Waals surface area contributed by atoms with Crippen molar-refractivity contribution in [1.29, 1.82) is 0 Å². The number of benzene rings is 3. The van der Waals surface area contributed by atoms with Crippen LogP contribution in [0.3, 0.4) is 0 Å². The maximum absolute atomic E-state index is 13.1. The fourth-order valence-electron chi connectivity index (χ4n) is 3.98. The van der Waals surface area contributed by atoms with Crippen molar-refractivity contribution in [3.63, 3.8) is 0 Å². The summed E-state index contributed by atoms with van der Waals surface area (Å²) in [6, 6.07) is 21.9. The summed E-state index contributed by atoms with van der Waals surface area (Å²) in [5.74, 6) is -0.968. The largest absolute Gasteiger partial charge is 0.368 e. The highest BCUT2D eigenvalue weighted by atomic mass is 19.1. The lowest BCUT2D eigenvalue weighted by molar-refractivity contribution is -0.131. The van der Waals surface area contributed by atoms with E-state index >= 15 is 0 Å². The number of para-hydroxylation sites is 1. The third-order valence-electron chi connectivity index (χ3n) is 5.90. The summed E-state index contributed by atoms with van der Waals surface area (Å²) < 4.78 is 13.1. The van der Waals surface area contributed by atoms with Gasteiger partial charge in [-0.2, -0.15) is 0 Å². The average Bonchev–Trinajstić information content (AvgIpc) is 2.90. The van der Waals surface area contributed by atoms with E-state index < -0.39 is 0 Å². The number of hydrogen-bond acceptors (Lipinski definition) is 4. The van der Waals surface area contributed by atoms with Crippen LogP contribution in [0.1, 0.15) is 27.1 Å². The number of hydrogen-bond donors (Lipinski definition) is 2. The quantitative estimate of drug-likeness (QED) is 0.549. The lowest BCUT2D eigenvalue weighted by Crippen LogP contribution is -2.49. The van der Waals surface area contributed by atoms with Gasteiger partial charge >= 0.3 is 0 Å². The number of nitrogens with zero attached hydrogens (tertiary/aromatic N) is 2. The molecule has 35 heavy (non-hydrogen) atoms. The maximum Gasteiger partial charge on any atom is 0.255 e. The van der Waals surface area contributed by atoms with Gasteiger partial charge in [-0.3, -0.25) is 14.4 Å². The van der Waals surface area contributed by atoms with Crippen LogP contribution >= 0.6 is 0 Å². The van der Waals surface area contributed by atoms with Gasteiger partial charge in [-0.05, 0) is 48.5 Å². The van der Waals surface area contributed by atoms with Gasteiger partial charge in [-0.1, -0.05) is 30.3 Å². The molecule has 0 aromatic heterocycles. The predicted octanol–water partition coefficient (Wildman–Crippen LogP) is 3.55. The lowest BCUT2D eigenvalue weighted by Gasteiger charge is -2.36. The number of anilines is 2. The van der Waals surface area contributed by atoms with Gasteiger partial charge in [0.25, 0.3) is 11.8 Å². The SMILES string of the molecule is O=C(Nc1ccccc1C(=O)NCCC(=O)N1CCN(c2ccc(F)cc2)CC1)c1ccccc1. The topological polar surface area (TPSA) is 81.8 Å². The number of amides is 3. The van der Waals surface area contributed by atoms with Crippen LogP contribution in [0.5, 0.6) is 0 Å². The zero-order chi connectivity index (χ0) is 24.6. The van der Waals surface area contributed by atoms with E-state index in [2.05, 4.69) is 15.5 Å². The molecule has 4 rings (SSSR count). The second kappa shape index (κ2) is 11.3. The molecule has 0 spiro atoms. The number of rotatable bonds is 7. The van der Waals surface area contributed by atoms with E-state index in [0.717, 1.165) is 5.69 Å². The van der Waals surface area contributed by atoms with Crippen LogP contribution < -0.4 is 15.5 Å². The summed E-state index contributed by atoms with van der Waals surface area (Å²) in [7, 11) is 0. The smallest absolute Gasteiger partial charge is 0.255 e. The third-order valence-corrected chi connectivity index (χ3v) is 5.90. The van der Waals surface area contributed by atoms with Crippen molar-refractivity contribution in [3.8, 4) is 0 Å². The average molecular weight is 475 g/mol. The molecule has 0 atom stereocenters. The van der Waals surface area contributed by atoms with Crippen molar-refractivity contribution < 1.29 is 18.8 Å². The standard InChI is InChI=1S/C27H27FN4O3/c28-21-10-12-22(13-11-21)31-16-18-32(19-17-31)25(33)14-15-29-27(35)23-8-4-5-9-24(23)30-26(34)20-6-2-1-3-7-20/h1-13H,14-19H2,(H,29,35)(H,30,34). The monoisotopic (exact) mass is 474 g/mol. The van der Waals surface area contributed by atoms with Crippen LogP contribution in [0.2, 0.25) is 0 Å². The number of carbonyl (C=O) groups excluding carboxylic acids is 3. The molecular weight excluding hydrogens is 447 g/mol. The molecule has 180 valence electrons. The summed E-state index contributed by atoms with van der Waals surface area (Å²) in [6.45, 7) is 2.66. The Kier molecular flexibility index (Phi) is 7.72. The number of nitrogens with one attached hydrogen (secondary N) is 2. The van der Waals surface area contributed by atoms with Crippen LogP contribution in [0.4, 0.5) is 15.8 Å². The van der Waals surface area contributed by atoms with Gasteiger partial charge in [0.1, 0.15) is 5.82 Å². The van der Waals surface area contributed by atoms with E-state index in [1.54, 1.807) is 65.6 Å². The summed E-state index contributed by atoms with van der Waals surface area (Å²) >= 11 is 0. The van der Waals surface area contributed by atoms with Crippen LogP contribution in [-0.4, -0.2) is 55.3 Å². The van der Waals surface area contributed by atoms with Crippen molar-refractivity contribution in [2.24, 2.45) is 0 Å². The maximum atomic E-state index is 13.1. The minimum atomic E-state index is -0.358. The molecule has 8 heteroatoms. The minimum absolute atomic E-state index is 0.0327. The molecule has 1 fully saturated rings. The highest BCUT2D eigenvalue weighted by molar-refractivity contribution is 6.09. The molecule has 3 aromatic rings. The third kappa shape index (κ3) is 6.23. The Labute approximate surface area is 203 Å². The van der Waals surface area contributed by atoms with E-state index in [9.17, 15) is 18.8 Å². The minimum Gasteiger partial charge on any atom is -0.368 e. The molecule has 1 saturated heterocycles. The Bertz CT molecular complexity index is 1180. The fourth-order valence-corrected chi connectivity index (χ4v) is 3.98. The normalized spacial score (nSPS) is 13.3. The van der Waals surface area contributed by atoms with E-state index in [-0.39, 0.29) is 36.5 Å². The number of piperazine rings is 1. The number of halogens is 1. The van der Waals surface area contributed by atoms with Crippen LogP contribution in [0, 0.1) is 5.82 Å². The van der Waals surface area contributed by atoms with Crippen molar-refractivity contribution in [2.75, 3.05) is 42.9 Å². The Balaban J connectivity index is 1.25. The summed E-state index contributed by atoms with van der Waals surface area (Å²) in [5, 5.41) is 5.56. The molecule has 2 N–H and O–H groups in total. The first kappa shape index (κ1) is 23.9. The van der Waals surface area contributed by atoms with E-state index in [0.29, 0.717) is 43.0 Å². The van der Waals surface area contributed by atoms with Crippen molar-refractivity contribution in [1.82, 2.24) is 10.2 Å². The molecule has 0 aliphatic carbocycles. The molecular formula is C27H27FN4O3. The molecule has 1 aliphatic heterocycles. The summed E-state index contributed by atoms with van der Waals surface area (Å²) in [6.07, 6.45) is 0.181. The first-order valence-electron chi connectivity index (χ1n) is 11.5. The van der Waals surface area contributed by atoms with Crippen molar-refractivity contribution in [2.45, 2.75) is 6.42 Å². The van der Waals surface area contributed by atoms with E-state index in [4.69, 9.17) is 0 Å². The van der Waals surface area contributed by atoms with Crippen LogP contribution in [0.25, 0.3) is 0 Å². The molecule has 0 bridgehead atoms. The molecule has 1 heterocycles. The van der Waals surface area contributed by atoms with Crippen LogP contribution in [0.15, 0.2) is 78.9 Å². The lowest BCUT2D eigenvalue weighted by atomic mass is 10.1. The molecule has 0 saturated carbocycles. The van der Waals surface area contributed by atoms with Crippen LogP contribution in [-0.2, 0) is 4.79 Å². The van der Waals surface area contributed by atoms with Crippen molar-refractivity contribution >= 4 is 29.1 Å². The predicted molar refractivity (Wildman–Crippen MR) is 133 cm³/mol. The second-order valence-corrected chi connectivity index (χ2v) is 8.22. The zero-order valence-electron chi connectivity index (χ0n) is 19.2. The molecule has 7 nitrogen and oxygen atoms in total. The Hall–Kier alpha value is -4.20. The fraction of sp³-hybridized carbons (Fsp3) is 0.222. The molecule has 3 amide bonds. The highest BCUT2D eigenvalue weighted by Gasteiger charge is 2.21. The molecule has 0 unspecified atom stereocenters. The number of carbonyl (C=O) groups is 3. The van der Waals surface area contributed by atoms with Gasteiger partial charge < -0.3 is 20.4 Å². The first-order valence-corrected chi connectivity index (χ1v) is 11.5. The molecule has 1 aliphatic rings. The molecule has 0 radical (unpaired) electrons. The first-order chi connectivity index (χ1) is 17.0. The molecule has 3 aromatic carbocycles. The van der Waals surface area contributed by atoms with Crippen molar-refractivity contribution in [3.05, 3.63) is 95.8 Å². The summed E-state index contributed by atoms with van der Waals surface area (Å²) in [4.78, 5) is 41.7. The summed E-state index contributed by atoms with van der Waals surface area (Å²) in [5.41, 5.74) is 2.16. The van der Waals surface area contributed by atoms with E-state index in [1.165, 1.54) is 12.1 Å². The highest BCUT2D eigenvalue weighted by Crippen LogP contribution is 2.18. The Morgan fingerprint density at radius 3 is 2.14 bits per heavy atom. The van der Waals surface area contributed by atoms with E-state index in [1.807, 2.05) is 6.07 Å².